The molecule has 0 radical (unpaired) electrons. The second-order valence-electron chi connectivity index (χ2n) is 8.33. The van der Waals surface area contributed by atoms with Crippen LogP contribution in [0.25, 0.3) is 0 Å². The summed E-state index contributed by atoms with van der Waals surface area (Å²) in [6.45, 7) is 14.7. The summed E-state index contributed by atoms with van der Waals surface area (Å²) in [4.78, 5) is 12.0. The van der Waals surface area contributed by atoms with Gasteiger partial charge in [0.2, 0.25) is 0 Å². The van der Waals surface area contributed by atoms with E-state index in [2.05, 4.69) is 34.6 Å². The normalized spacial score (nSPS) is 36.8. The maximum atomic E-state index is 12.0. The van der Waals surface area contributed by atoms with Crippen LogP contribution < -0.4 is 0 Å². The molecule has 4 aliphatic rings. The van der Waals surface area contributed by atoms with E-state index in [-0.39, 0.29) is 23.2 Å². The Kier molecular flexibility index (Phi) is 4.89. The molecule has 4 nitrogen and oxygen atoms in total. The number of esters is 1. The minimum atomic E-state index is -0.486. The van der Waals surface area contributed by atoms with Crippen LogP contribution in [0.5, 0.6) is 0 Å². The Hall–Kier alpha value is -1.13. The van der Waals surface area contributed by atoms with E-state index in [0.29, 0.717) is 25.7 Å². The fourth-order valence-corrected chi connectivity index (χ4v) is 5.52. The Bertz CT molecular complexity index is 607. The number of rotatable bonds is 3. The van der Waals surface area contributed by atoms with Gasteiger partial charge >= 0.3 is 5.97 Å². The molecule has 1 aliphatic heterocycles. The summed E-state index contributed by atoms with van der Waals surface area (Å²) in [5.74, 6) is 0.175. The lowest BCUT2D eigenvalue weighted by molar-refractivity contribution is -0.286. The molecule has 4 heteroatoms. The summed E-state index contributed by atoms with van der Waals surface area (Å²) in [6, 6.07) is 0. The molecular weight excluding hydrogens is 316 g/mol. The largest absolute Gasteiger partial charge is 0.463 e. The highest BCUT2D eigenvalue weighted by Gasteiger charge is 2.66. The molecule has 1 heterocycles. The van der Waals surface area contributed by atoms with Crippen molar-refractivity contribution in [3.8, 4) is 0 Å². The Morgan fingerprint density at radius 3 is 2.48 bits per heavy atom. The molecule has 0 amide bonds. The van der Waals surface area contributed by atoms with Crippen LogP contribution in [0.15, 0.2) is 22.8 Å². The third-order valence-corrected chi connectivity index (χ3v) is 6.90. The first kappa shape index (κ1) is 18.7. The molecule has 25 heavy (non-hydrogen) atoms. The highest BCUT2D eigenvalue weighted by molar-refractivity contribution is 5.82. The van der Waals surface area contributed by atoms with E-state index in [0.717, 1.165) is 18.4 Å². The fraction of sp³-hybridized carbons (Fsp3) is 0.762. The Labute approximate surface area is 151 Å². The Balaban J connectivity index is 2.00. The minimum absolute atomic E-state index is 0.0127. The van der Waals surface area contributed by atoms with Crippen molar-refractivity contribution in [2.45, 2.75) is 60.2 Å². The third-order valence-electron chi connectivity index (χ3n) is 6.90. The Morgan fingerprint density at radius 2 is 1.92 bits per heavy atom. The number of ether oxygens (including phenoxy) is 3. The molecule has 3 aliphatic carbocycles. The van der Waals surface area contributed by atoms with Crippen LogP contribution in [0.4, 0.5) is 0 Å². The molecular formula is C21H32O4. The highest BCUT2D eigenvalue weighted by Crippen LogP contribution is 2.66. The molecule has 0 unspecified atom stereocenters. The smallest absolute Gasteiger partial charge is 0.330 e. The lowest BCUT2D eigenvalue weighted by Crippen LogP contribution is -2.63. The number of hydrogen-bond acceptors (Lipinski definition) is 4. The van der Waals surface area contributed by atoms with Crippen molar-refractivity contribution in [2.75, 3.05) is 19.8 Å². The van der Waals surface area contributed by atoms with E-state index < -0.39 is 5.79 Å². The molecule has 0 aromatic heterocycles. The van der Waals surface area contributed by atoms with Crippen molar-refractivity contribution in [3.05, 3.63) is 22.8 Å². The van der Waals surface area contributed by atoms with E-state index in [4.69, 9.17) is 14.2 Å². The second kappa shape index (κ2) is 6.55. The maximum absolute atomic E-state index is 12.0. The lowest BCUT2D eigenvalue weighted by atomic mass is 9.46. The fourth-order valence-electron chi connectivity index (χ4n) is 5.52. The van der Waals surface area contributed by atoms with Crippen molar-refractivity contribution in [1.29, 1.82) is 0 Å². The van der Waals surface area contributed by atoms with E-state index in [1.807, 2.05) is 6.92 Å². The second-order valence-corrected chi connectivity index (χ2v) is 8.33. The molecule has 4 atom stereocenters. The third kappa shape index (κ3) is 2.78. The predicted molar refractivity (Wildman–Crippen MR) is 96.9 cm³/mol. The minimum Gasteiger partial charge on any atom is -0.463 e. The topological polar surface area (TPSA) is 44.8 Å². The molecule has 0 aromatic rings. The standard InChI is InChI=1S/C21H32O4/c1-7-23-19(22)10-14(4)17-11-18-16(13(2)3)12-20(17,6)15(5)21(18)24-8-9-25-21/h10,15,17-18H,7-9,11-12H2,1-6H3/b14-10+/t15-,17-,18-,20+/m1/s1. The van der Waals surface area contributed by atoms with Gasteiger partial charge in [-0.25, -0.2) is 4.79 Å². The first-order valence-electron chi connectivity index (χ1n) is 9.55. The van der Waals surface area contributed by atoms with E-state index in [9.17, 15) is 4.79 Å². The maximum Gasteiger partial charge on any atom is 0.330 e. The summed E-state index contributed by atoms with van der Waals surface area (Å²) < 4.78 is 17.6. The van der Waals surface area contributed by atoms with Gasteiger partial charge in [-0.1, -0.05) is 30.6 Å². The molecule has 4 fully saturated rings. The number of hydrogen-bond donors (Lipinski definition) is 0. The van der Waals surface area contributed by atoms with Crippen molar-refractivity contribution < 1.29 is 19.0 Å². The summed E-state index contributed by atoms with van der Waals surface area (Å²) in [6.07, 6.45) is 3.72. The molecule has 1 spiro atoms. The summed E-state index contributed by atoms with van der Waals surface area (Å²) in [5, 5.41) is 0. The van der Waals surface area contributed by atoms with Gasteiger partial charge < -0.3 is 14.2 Å². The van der Waals surface area contributed by atoms with Gasteiger partial charge in [0.15, 0.2) is 5.79 Å². The zero-order valence-corrected chi connectivity index (χ0v) is 16.5. The van der Waals surface area contributed by atoms with Gasteiger partial charge in [0, 0.05) is 17.9 Å². The highest BCUT2D eigenvalue weighted by atomic mass is 16.7. The van der Waals surface area contributed by atoms with E-state index in [1.54, 1.807) is 6.08 Å². The first-order valence-corrected chi connectivity index (χ1v) is 9.55. The zero-order chi connectivity index (χ0) is 18.4. The molecule has 3 saturated carbocycles. The van der Waals surface area contributed by atoms with E-state index in [1.165, 1.54) is 11.1 Å². The van der Waals surface area contributed by atoms with Gasteiger partial charge in [0.1, 0.15) is 0 Å². The van der Waals surface area contributed by atoms with Crippen LogP contribution in [-0.2, 0) is 19.0 Å². The van der Waals surface area contributed by atoms with Crippen LogP contribution in [0.1, 0.15) is 54.4 Å². The number of carbonyl (C=O) groups is 1. The van der Waals surface area contributed by atoms with Gasteiger partial charge in [0.05, 0.1) is 19.8 Å². The van der Waals surface area contributed by atoms with E-state index >= 15 is 0 Å². The SMILES string of the molecule is CCOC(=O)/C=C(\C)[C@H]1C[C@@H]2C(=C(C)C)C[C@@]1(C)[C@@H](C)C21OCCO1. The van der Waals surface area contributed by atoms with Gasteiger partial charge in [-0.05, 0) is 51.9 Å². The molecule has 2 bridgehead atoms. The van der Waals surface area contributed by atoms with Crippen LogP contribution in [0.2, 0.25) is 0 Å². The predicted octanol–water partition coefficient (Wildman–Crippen LogP) is 4.26. The van der Waals surface area contributed by atoms with Gasteiger partial charge in [-0.15, -0.1) is 0 Å². The number of carbonyl (C=O) groups excluding carboxylic acids is 1. The first-order chi connectivity index (χ1) is 11.8. The van der Waals surface area contributed by atoms with Crippen LogP contribution in [0, 0.1) is 23.2 Å². The van der Waals surface area contributed by atoms with Crippen molar-refractivity contribution >= 4 is 5.97 Å². The summed E-state index contributed by atoms with van der Waals surface area (Å²) >= 11 is 0. The van der Waals surface area contributed by atoms with Crippen LogP contribution in [-0.4, -0.2) is 31.6 Å². The molecule has 4 rings (SSSR count). The quantitative estimate of drug-likeness (QED) is 0.434. The van der Waals surface area contributed by atoms with Crippen molar-refractivity contribution in [1.82, 2.24) is 0 Å². The summed E-state index contributed by atoms with van der Waals surface area (Å²) in [5.41, 5.74) is 4.01. The molecule has 1 saturated heterocycles. The van der Waals surface area contributed by atoms with Crippen LogP contribution in [0.3, 0.4) is 0 Å². The van der Waals surface area contributed by atoms with Crippen molar-refractivity contribution in [2.24, 2.45) is 23.2 Å². The Morgan fingerprint density at radius 1 is 1.28 bits per heavy atom. The van der Waals surface area contributed by atoms with Gasteiger partial charge in [-0.2, -0.15) is 0 Å². The van der Waals surface area contributed by atoms with Gasteiger partial charge in [-0.3, -0.25) is 0 Å². The van der Waals surface area contributed by atoms with Crippen molar-refractivity contribution in [3.63, 3.8) is 0 Å². The van der Waals surface area contributed by atoms with Crippen LogP contribution >= 0.6 is 0 Å². The molecule has 0 N–H and O–H groups in total. The monoisotopic (exact) mass is 348 g/mol. The number of fused-ring (bicyclic) bond motifs is 2. The number of allylic oxidation sites excluding steroid dienone is 2. The molecule has 0 aromatic carbocycles. The average molecular weight is 348 g/mol. The average Bonchev–Trinajstić information content (AvgIpc) is 3.02. The van der Waals surface area contributed by atoms with Gasteiger partial charge in [0.25, 0.3) is 0 Å². The molecule has 140 valence electrons. The zero-order valence-electron chi connectivity index (χ0n) is 16.5. The summed E-state index contributed by atoms with van der Waals surface area (Å²) in [7, 11) is 0. The lowest BCUT2D eigenvalue weighted by Gasteiger charge is -2.63.